The van der Waals surface area contributed by atoms with Crippen LogP contribution in [-0.2, 0) is 6.42 Å². The lowest BCUT2D eigenvalue weighted by molar-refractivity contribution is 0.0776. The van der Waals surface area contributed by atoms with Crippen LogP contribution in [0.25, 0.3) is 10.9 Å². The minimum atomic E-state index is 0.111. The predicted octanol–water partition coefficient (Wildman–Crippen LogP) is 2.41. The third kappa shape index (κ3) is 1.38. The van der Waals surface area contributed by atoms with E-state index in [0.29, 0.717) is 0 Å². The number of carbonyl (C=O) groups is 1. The van der Waals surface area contributed by atoms with Gasteiger partial charge in [0.15, 0.2) is 0 Å². The highest BCUT2D eigenvalue weighted by molar-refractivity contribution is 6.03. The lowest BCUT2D eigenvalue weighted by atomic mass is 9.99. The van der Waals surface area contributed by atoms with Crippen molar-refractivity contribution in [2.24, 2.45) is 0 Å². The van der Waals surface area contributed by atoms with E-state index in [1.54, 1.807) is 4.90 Å². The normalized spacial score (nSPS) is 15.5. The molecule has 88 valence electrons. The van der Waals surface area contributed by atoms with E-state index in [9.17, 15) is 4.79 Å². The predicted molar refractivity (Wildman–Crippen MR) is 68.4 cm³/mol. The molecule has 0 fully saturated rings. The zero-order chi connectivity index (χ0) is 12.2. The summed E-state index contributed by atoms with van der Waals surface area (Å²) in [6.07, 6.45) is 0.946. The molecule has 3 rings (SSSR count). The molecule has 1 amide bonds. The van der Waals surface area contributed by atoms with Gasteiger partial charge >= 0.3 is 0 Å². The molecule has 17 heavy (non-hydrogen) atoms. The Labute approximate surface area is 100 Å². The maximum absolute atomic E-state index is 12.1. The Balaban J connectivity index is 2.35. The number of fused-ring (bicyclic) bond motifs is 3. The van der Waals surface area contributed by atoms with E-state index in [0.717, 1.165) is 24.2 Å². The number of hydrogen-bond donors (Lipinski definition) is 1. The number of aromatic nitrogens is 1. The standard InChI is InChI=1S/C14H16N2O/c1-8-6-9(2)12-10-4-5-16(3)14(17)13(10)15-11(12)7-8/h6-7,15H,4-5H2,1-3H3. The van der Waals surface area contributed by atoms with Crippen molar-refractivity contribution in [1.29, 1.82) is 0 Å². The first-order valence-corrected chi connectivity index (χ1v) is 5.95. The monoisotopic (exact) mass is 228 g/mol. The van der Waals surface area contributed by atoms with Gasteiger partial charge in [0, 0.05) is 24.5 Å². The number of aryl methyl sites for hydroxylation is 2. The number of rotatable bonds is 0. The van der Waals surface area contributed by atoms with Crippen molar-refractivity contribution in [3.05, 3.63) is 34.5 Å². The van der Waals surface area contributed by atoms with Crippen molar-refractivity contribution in [2.45, 2.75) is 20.3 Å². The summed E-state index contributed by atoms with van der Waals surface area (Å²) < 4.78 is 0. The van der Waals surface area contributed by atoms with Crippen molar-refractivity contribution in [3.8, 4) is 0 Å². The fraction of sp³-hybridized carbons (Fsp3) is 0.357. The van der Waals surface area contributed by atoms with Gasteiger partial charge in [-0.2, -0.15) is 0 Å². The van der Waals surface area contributed by atoms with Crippen molar-refractivity contribution in [1.82, 2.24) is 9.88 Å². The fourth-order valence-electron chi connectivity index (χ4n) is 2.81. The second kappa shape index (κ2) is 3.36. The molecule has 1 aromatic heterocycles. The average Bonchev–Trinajstić information content (AvgIpc) is 2.62. The molecule has 0 aliphatic carbocycles. The topological polar surface area (TPSA) is 36.1 Å². The zero-order valence-corrected chi connectivity index (χ0v) is 10.4. The summed E-state index contributed by atoms with van der Waals surface area (Å²) in [5.74, 6) is 0.111. The maximum Gasteiger partial charge on any atom is 0.270 e. The lowest BCUT2D eigenvalue weighted by Crippen LogP contribution is -2.33. The number of aromatic amines is 1. The first-order chi connectivity index (χ1) is 8.08. The van der Waals surface area contributed by atoms with Crippen LogP contribution in [0.3, 0.4) is 0 Å². The Morgan fingerprint density at radius 1 is 1.29 bits per heavy atom. The molecule has 1 N–H and O–H groups in total. The number of H-pyrrole nitrogens is 1. The van der Waals surface area contributed by atoms with E-state index in [4.69, 9.17) is 0 Å². The van der Waals surface area contributed by atoms with E-state index in [1.807, 2.05) is 7.05 Å². The van der Waals surface area contributed by atoms with Crippen LogP contribution in [0.2, 0.25) is 0 Å². The molecule has 0 bridgehead atoms. The first kappa shape index (κ1) is 10.4. The molecule has 0 saturated carbocycles. The summed E-state index contributed by atoms with van der Waals surface area (Å²) in [5.41, 5.74) is 5.56. The molecule has 0 unspecified atom stereocenters. The lowest BCUT2D eigenvalue weighted by Gasteiger charge is -2.22. The maximum atomic E-state index is 12.1. The number of hydrogen-bond acceptors (Lipinski definition) is 1. The smallest absolute Gasteiger partial charge is 0.270 e. The van der Waals surface area contributed by atoms with Crippen LogP contribution in [-0.4, -0.2) is 29.4 Å². The molecule has 1 aliphatic heterocycles. The van der Waals surface area contributed by atoms with Gasteiger partial charge < -0.3 is 9.88 Å². The minimum Gasteiger partial charge on any atom is -0.350 e. The van der Waals surface area contributed by atoms with Crippen molar-refractivity contribution in [2.75, 3.05) is 13.6 Å². The molecular weight excluding hydrogens is 212 g/mol. The third-order valence-electron chi connectivity index (χ3n) is 3.60. The number of benzene rings is 1. The van der Waals surface area contributed by atoms with E-state index in [2.05, 4.69) is 31.0 Å². The van der Waals surface area contributed by atoms with Gasteiger partial charge in [-0.1, -0.05) is 6.07 Å². The van der Waals surface area contributed by atoms with Crippen molar-refractivity contribution in [3.63, 3.8) is 0 Å². The Bertz CT molecular complexity index is 625. The summed E-state index contributed by atoms with van der Waals surface area (Å²) in [4.78, 5) is 17.1. The molecule has 3 nitrogen and oxygen atoms in total. The highest BCUT2D eigenvalue weighted by Gasteiger charge is 2.26. The van der Waals surface area contributed by atoms with Crippen LogP contribution in [0.1, 0.15) is 27.2 Å². The van der Waals surface area contributed by atoms with Crippen LogP contribution in [0, 0.1) is 13.8 Å². The highest BCUT2D eigenvalue weighted by atomic mass is 16.2. The fourth-order valence-corrected chi connectivity index (χ4v) is 2.81. The largest absolute Gasteiger partial charge is 0.350 e. The van der Waals surface area contributed by atoms with E-state index < -0.39 is 0 Å². The van der Waals surface area contributed by atoms with Crippen LogP contribution in [0.4, 0.5) is 0 Å². The van der Waals surface area contributed by atoms with Gasteiger partial charge in [-0.15, -0.1) is 0 Å². The summed E-state index contributed by atoms with van der Waals surface area (Å²) in [5, 5.41) is 1.24. The van der Waals surface area contributed by atoms with E-state index in [-0.39, 0.29) is 5.91 Å². The van der Waals surface area contributed by atoms with Crippen LogP contribution in [0.15, 0.2) is 12.1 Å². The summed E-state index contributed by atoms with van der Waals surface area (Å²) in [6.45, 7) is 5.01. The first-order valence-electron chi connectivity index (χ1n) is 5.95. The number of nitrogens with one attached hydrogen (secondary N) is 1. The molecule has 1 aromatic carbocycles. The van der Waals surface area contributed by atoms with Gasteiger partial charge in [0.2, 0.25) is 0 Å². The summed E-state index contributed by atoms with van der Waals surface area (Å²) in [6, 6.07) is 4.30. The highest BCUT2D eigenvalue weighted by Crippen LogP contribution is 2.30. The van der Waals surface area contributed by atoms with Crippen LogP contribution < -0.4 is 0 Å². The van der Waals surface area contributed by atoms with Crippen LogP contribution >= 0.6 is 0 Å². The average molecular weight is 228 g/mol. The number of nitrogens with zero attached hydrogens (tertiary/aromatic N) is 1. The summed E-state index contributed by atoms with van der Waals surface area (Å²) in [7, 11) is 1.86. The Morgan fingerprint density at radius 2 is 2.06 bits per heavy atom. The Morgan fingerprint density at radius 3 is 2.82 bits per heavy atom. The third-order valence-corrected chi connectivity index (χ3v) is 3.60. The zero-order valence-electron chi connectivity index (χ0n) is 10.4. The van der Waals surface area contributed by atoms with Crippen molar-refractivity contribution < 1.29 is 4.79 Å². The molecule has 2 heterocycles. The molecule has 0 atom stereocenters. The molecule has 3 heteroatoms. The molecule has 0 radical (unpaired) electrons. The number of carbonyl (C=O) groups excluding carboxylic acids is 1. The molecule has 0 spiro atoms. The van der Waals surface area contributed by atoms with Gasteiger partial charge in [-0.05, 0) is 43.0 Å². The van der Waals surface area contributed by atoms with Gasteiger partial charge in [0.1, 0.15) is 5.69 Å². The van der Waals surface area contributed by atoms with Gasteiger partial charge in [-0.3, -0.25) is 4.79 Å². The molecule has 1 aliphatic rings. The number of amides is 1. The Kier molecular flexibility index (Phi) is 2.05. The quantitative estimate of drug-likeness (QED) is 0.738. The van der Waals surface area contributed by atoms with Gasteiger partial charge in [-0.25, -0.2) is 0 Å². The Hall–Kier alpha value is -1.77. The SMILES string of the molecule is Cc1cc(C)c2c3c([nH]c2c1)C(=O)N(C)CC3. The summed E-state index contributed by atoms with van der Waals surface area (Å²) >= 11 is 0. The number of likely N-dealkylation sites (N-methyl/N-ethyl adjacent to an activating group) is 1. The molecular formula is C14H16N2O. The molecule has 2 aromatic rings. The molecule has 0 saturated heterocycles. The van der Waals surface area contributed by atoms with Gasteiger partial charge in [0.05, 0.1) is 0 Å². The van der Waals surface area contributed by atoms with E-state index >= 15 is 0 Å². The second-order valence-electron chi connectivity index (χ2n) is 4.96. The van der Waals surface area contributed by atoms with Crippen molar-refractivity contribution >= 4 is 16.8 Å². The second-order valence-corrected chi connectivity index (χ2v) is 4.96. The minimum absolute atomic E-state index is 0.111. The van der Waals surface area contributed by atoms with E-state index in [1.165, 1.54) is 22.1 Å². The van der Waals surface area contributed by atoms with Gasteiger partial charge in [0.25, 0.3) is 5.91 Å². The van der Waals surface area contributed by atoms with Crippen LogP contribution in [0.5, 0.6) is 0 Å².